The molecule has 2 aromatic rings. The number of nitrogens with zero attached hydrogens (tertiary/aromatic N) is 1. The number of hydrogen-bond donors (Lipinski definition) is 1. The van der Waals surface area contributed by atoms with Crippen LogP contribution in [0.15, 0.2) is 30.3 Å². The number of carbonyl (C=O) groups is 2. The summed E-state index contributed by atoms with van der Waals surface area (Å²) in [6, 6.07) is 7.78. The minimum absolute atomic E-state index is 0.0551. The first kappa shape index (κ1) is 18.4. The number of esters is 1. The summed E-state index contributed by atoms with van der Waals surface area (Å²) in [6.07, 6.45) is -1.08. The maximum atomic E-state index is 12.2. The maximum absolute atomic E-state index is 12.2. The Labute approximate surface area is 147 Å². The number of benzene rings is 1. The van der Waals surface area contributed by atoms with Gasteiger partial charge in [-0.1, -0.05) is 17.4 Å². The second-order valence-corrected chi connectivity index (χ2v) is 6.20. The van der Waals surface area contributed by atoms with Gasteiger partial charge in [0.1, 0.15) is 10.6 Å². The monoisotopic (exact) mass is 364 g/mol. The van der Waals surface area contributed by atoms with Gasteiger partial charge in [0.25, 0.3) is 5.91 Å². The lowest BCUT2D eigenvalue weighted by molar-refractivity contribution is -0.380. The molecule has 0 aliphatic carbocycles. The number of nitro groups is 1. The highest BCUT2D eigenvalue weighted by molar-refractivity contribution is 7.17. The Morgan fingerprint density at radius 2 is 2.00 bits per heavy atom. The van der Waals surface area contributed by atoms with Crippen molar-refractivity contribution in [1.29, 1.82) is 0 Å². The Kier molecular flexibility index (Phi) is 5.71. The lowest BCUT2D eigenvalue weighted by Crippen LogP contribution is -2.30. The van der Waals surface area contributed by atoms with Crippen molar-refractivity contribution in [2.75, 3.05) is 12.4 Å². The average molecular weight is 364 g/mol. The number of amides is 1. The zero-order chi connectivity index (χ0) is 18.6. The van der Waals surface area contributed by atoms with Crippen LogP contribution >= 0.6 is 11.3 Å². The van der Waals surface area contributed by atoms with Crippen LogP contribution < -0.4 is 10.1 Å². The molecule has 0 radical (unpaired) electrons. The van der Waals surface area contributed by atoms with Crippen molar-refractivity contribution < 1.29 is 24.0 Å². The summed E-state index contributed by atoms with van der Waals surface area (Å²) >= 11 is 0.689. The minimum Gasteiger partial charge on any atom is -0.495 e. The van der Waals surface area contributed by atoms with E-state index in [4.69, 9.17) is 9.47 Å². The fourth-order valence-corrected chi connectivity index (χ4v) is 2.66. The molecular weight excluding hydrogens is 348 g/mol. The van der Waals surface area contributed by atoms with Crippen LogP contribution in [0.3, 0.4) is 0 Å². The lowest BCUT2D eigenvalue weighted by Gasteiger charge is -2.15. The summed E-state index contributed by atoms with van der Waals surface area (Å²) in [5.41, 5.74) is 1.38. The molecule has 0 unspecified atom stereocenters. The van der Waals surface area contributed by atoms with E-state index in [1.165, 1.54) is 26.2 Å². The maximum Gasteiger partial charge on any atom is 0.349 e. The summed E-state index contributed by atoms with van der Waals surface area (Å²) < 4.78 is 10.2. The largest absolute Gasteiger partial charge is 0.495 e. The van der Waals surface area contributed by atoms with E-state index in [2.05, 4.69) is 5.32 Å². The lowest BCUT2D eigenvalue weighted by atomic mass is 10.2. The molecule has 1 aromatic heterocycles. The van der Waals surface area contributed by atoms with E-state index >= 15 is 0 Å². The van der Waals surface area contributed by atoms with E-state index in [0.29, 0.717) is 22.8 Å². The van der Waals surface area contributed by atoms with Crippen molar-refractivity contribution in [3.05, 3.63) is 50.9 Å². The summed E-state index contributed by atoms with van der Waals surface area (Å²) in [4.78, 5) is 34.3. The van der Waals surface area contributed by atoms with Gasteiger partial charge in [-0.2, -0.15) is 0 Å². The van der Waals surface area contributed by atoms with Crippen molar-refractivity contribution in [2.24, 2.45) is 0 Å². The quantitative estimate of drug-likeness (QED) is 0.479. The Hall–Kier alpha value is -2.94. The predicted molar refractivity (Wildman–Crippen MR) is 92.2 cm³/mol. The molecule has 132 valence electrons. The molecule has 0 spiro atoms. The van der Waals surface area contributed by atoms with Crippen molar-refractivity contribution >= 4 is 33.9 Å². The normalized spacial score (nSPS) is 11.5. The molecule has 25 heavy (non-hydrogen) atoms. The number of hydrogen-bond acceptors (Lipinski definition) is 7. The van der Waals surface area contributed by atoms with Crippen molar-refractivity contribution in [2.45, 2.75) is 20.0 Å². The Balaban J connectivity index is 2.03. The number of rotatable bonds is 6. The number of aryl methyl sites for hydroxylation is 1. The molecule has 1 amide bonds. The van der Waals surface area contributed by atoms with Crippen LogP contribution in [-0.2, 0) is 9.53 Å². The Morgan fingerprint density at radius 1 is 1.28 bits per heavy atom. The molecule has 0 saturated carbocycles. The van der Waals surface area contributed by atoms with E-state index in [-0.39, 0.29) is 9.88 Å². The second-order valence-electron chi connectivity index (χ2n) is 5.14. The number of ether oxygens (including phenoxy) is 2. The molecule has 2 rings (SSSR count). The summed E-state index contributed by atoms with van der Waals surface area (Å²) in [6.45, 7) is 3.28. The zero-order valence-corrected chi connectivity index (χ0v) is 14.6. The van der Waals surface area contributed by atoms with Crippen molar-refractivity contribution in [3.8, 4) is 5.75 Å². The first-order chi connectivity index (χ1) is 11.8. The zero-order valence-electron chi connectivity index (χ0n) is 13.8. The minimum atomic E-state index is -1.08. The van der Waals surface area contributed by atoms with Gasteiger partial charge in [0.05, 0.1) is 17.7 Å². The van der Waals surface area contributed by atoms with E-state index in [1.807, 2.05) is 13.0 Å². The number of thiophene rings is 1. The summed E-state index contributed by atoms with van der Waals surface area (Å²) in [7, 11) is 1.48. The molecule has 1 aromatic carbocycles. The fraction of sp³-hybridized carbons (Fsp3) is 0.250. The standard InChI is InChI=1S/C16H16N2O6S/c1-9-4-5-12(23-3)11(8-9)17-15(19)10(2)24-16(20)13-6-7-14(25-13)18(21)22/h4-8,10H,1-3H3,(H,17,19)/t10-/m0/s1. The van der Waals surface area contributed by atoms with E-state index in [1.54, 1.807) is 12.1 Å². The average Bonchev–Trinajstić information content (AvgIpc) is 3.05. The first-order valence-corrected chi connectivity index (χ1v) is 8.04. The predicted octanol–water partition coefficient (Wildman–Crippen LogP) is 3.16. The molecular formula is C16H16N2O6S. The van der Waals surface area contributed by atoms with Crippen molar-refractivity contribution in [3.63, 3.8) is 0 Å². The Bertz CT molecular complexity index is 817. The highest BCUT2D eigenvalue weighted by Crippen LogP contribution is 2.26. The molecule has 0 aliphatic heterocycles. The molecule has 8 nitrogen and oxygen atoms in total. The third-order valence-corrected chi connectivity index (χ3v) is 4.26. The summed E-state index contributed by atoms with van der Waals surface area (Å²) in [5.74, 6) is -0.855. The molecule has 0 fully saturated rings. The van der Waals surface area contributed by atoms with Crippen LogP contribution in [0.2, 0.25) is 0 Å². The van der Waals surface area contributed by atoms with Gasteiger partial charge >= 0.3 is 11.0 Å². The van der Waals surface area contributed by atoms with Crippen LogP contribution in [0.5, 0.6) is 5.75 Å². The van der Waals surface area contributed by atoms with Gasteiger partial charge in [-0.15, -0.1) is 0 Å². The SMILES string of the molecule is COc1ccc(C)cc1NC(=O)[C@H](C)OC(=O)c1ccc([N+](=O)[O-])s1. The van der Waals surface area contributed by atoms with Gasteiger partial charge in [0.2, 0.25) is 0 Å². The molecule has 0 saturated heterocycles. The fourth-order valence-electron chi connectivity index (χ4n) is 1.96. The van der Waals surface area contributed by atoms with Crippen LogP contribution in [-0.4, -0.2) is 30.0 Å². The highest BCUT2D eigenvalue weighted by atomic mass is 32.1. The number of nitrogens with one attached hydrogen (secondary N) is 1. The molecule has 9 heteroatoms. The van der Waals surface area contributed by atoms with Gasteiger partial charge in [0.15, 0.2) is 6.10 Å². The van der Waals surface area contributed by atoms with Gasteiger partial charge in [0, 0.05) is 6.07 Å². The molecule has 1 heterocycles. The number of anilines is 1. The second kappa shape index (κ2) is 7.75. The number of carbonyl (C=O) groups excluding carboxylic acids is 2. The van der Waals surface area contributed by atoms with Crippen LogP contribution in [0.1, 0.15) is 22.2 Å². The van der Waals surface area contributed by atoms with Crippen molar-refractivity contribution in [1.82, 2.24) is 0 Å². The highest BCUT2D eigenvalue weighted by Gasteiger charge is 2.23. The molecule has 1 atom stereocenters. The van der Waals surface area contributed by atoms with Gasteiger partial charge in [-0.3, -0.25) is 14.9 Å². The molecule has 0 bridgehead atoms. The van der Waals surface area contributed by atoms with E-state index in [0.717, 1.165) is 5.56 Å². The van der Waals surface area contributed by atoms with E-state index in [9.17, 15) is 19.7 Å². The van der Waals surface area contributed by atoms with Crippen LogP contribution in [0.4, 0.5) is 10.7 Å². The van der Waals surface area contributed by atoms with Gasteiger partial charge in [-0.05, 0) is 37.6 Å². The smallest absolute Gasteiger partial charge is 0.349 e. The van der Waals surface area contributed by atoms with Crippen LogP contribution in [0, 0.1) is 17.0 Å². The molecule has 0 aliphatic rings. The van der Waals surface area contributed by atoms with Gasteiger partial charge in [-0.25, -0.2) is 4.79 Å². The Morgan fingerprint density at radius 3 is 2.60 bits per heavy atom. The molecule has 1 N–H and O–H groups in total. The number of methoxy groups -OCH3 is 1. The van der Waals surface area contributed by atoms with Gasteiger partial charge < -0.3 is 14.8 Å². The third kappa shape index (κ3) is 4.54. The first-order valence-electron chi connectivity index (χ1n) is 7.22. The summed E-state index contributed by atoms with van der Waals surface area (Å²) in [5, 5.41) is 13.1. The topological polar surface area (TPSA) is 108 Å². The van der Waals surface area contributed by atoms with Crippen LogP contribution in [0.25, 0.3) is 0 Å². The van der Waals surface area contributed by atoms with E-state index < -0.39 is 22.9 Å². The third-order valence-electron chi connectivity index (χ3n) is 3.24.